The summed E-state index contributed by atoms with van der Waals surface area (Å²) in [6.45, 7) is 0.224. The Labute approximate surface area is 147 Å². The molecule has 1 aromatic carbocycles. The van der Waals surface area contributed by atoms with Crippen molar-refractivity contribution in [1.29, 1.82) is 0 Å². The normalized spacial score (nSPS) is 26.8. The maximum absolute atomic E-state index is 12.4. The van der Waals surface area contributed by atoms with Gasteiger partial charge in [-0.3, -0.25) is 4.79 Å². The number of hydrogen-bond acceptors (Lipinski definition) is 4. The Morgan fingerprint density at radius 1 is 1.24 bits per heavy atom. The molecule has 2 unspecified atom stereocenters. The molecule has 4 rings (SSSR count). The van der Waals surface area contributed by atoms with Gasteiger partial charge in [0.25, 0.3) is 0 Å². The molecule has 2 saturated heterocycles. The van der Waals surface area contributed by atoms with Gasteiger partial charge < -0.3 is 9.88 Å². The quantitative estimate of drug-likeness (QED) is 0.883. The molecule has 0 radical (unpaired) electrons. The van der Waals surface area contributed by atoms with E-state index in [9.17, 15) is 13.2 Å². The highest BCUT2D eigenvalue weighted by Crippen LogP contribution is 2.37. The van der Waals surface area contributed by atoms with E-state index in [-0.39, 0.29) is 30.6 Å². The summed E-state index contributed by atoms with van der Waals surface area (Å²) in [7, 11) is -3.17. The molecule has 2 fully saturated rings. The van der Waals surface area contributed by atoms with E-state index in [0.29, 0.717) is 12.8 Å². The van der Waals surface area contributed by atoms with Crippen molar-refractivity contribution < 1.29 is 13.2 Å². The first kappa shape index (κ1) is 16.5. The minimum atomic E-state index is -3.17. The standard InChI is InChI=1S/C17H22N4O3S/c1-25(23,24)21-13-6-7-14(21)9-12(8-13)19-17(22)10-20-11-18-15-4-2-3-5-16(15)20/h2-5,11-14H,6-10H2,1H3,(H,19,22). The van der Waals surface area contributed by atoms with Gasteiger partial charge in [-0.05, 0) is 37.8 Å². The molecule has 2 aliphatic heterocycles. The molecule has 2 atom stereocenters. The molecule has 2 aliphatic rings. The van der Waals surface area contributed by atoms with Crippen LogP contribution in [-0.4, -0.2) is 52.6 Å². The number of amides is 1. The minimum Gasteiger partial charge on any atom is -0.352 e. The Balaban J connectivity index is 1.41. The molecule has 3 heterocycles. The maximum atomic E-state index is 12.4. The molecule has 1 N–H and O–H groups in total. The molecular weight excluding hydrogens is 340 g/mol. The average molecular weight is 362 g/mol. The van der Waals surface area contributed by atoms with Crippen molar-refractivity contribution >= 4 is 27.0 Å². The Morgan fingerprint density at radius 2 is 1.92 bits per heavy atom. The van der Waals surface area contributed by atoms with E-state index in [1.807, 2.05) is 28.8 Å². The van der Waals surface area contributed by atoms with Crippen LogP contribution in [0, 0.1) is 0 Å². The summed E-state index contributed by atoms with van der Waals surface area (Å²) in [5.74, 6) is -0.0552. The van der Waals surface area contributed by atoms with Crippen molar-refractivity contribution in [2.24, 2.45) is 0 Å². The number of rotatable bonds is 4. The second kappa shape index (κ2) is 6.10. The van der Waals surface area contributed by atoms with Crippen LogP contribution in [0.5, 0.6) is 0 Å². The van der Waals surface area contributed by atoms with Crippen molar-refractivity contribution in [2.75, 3.05) is 6.26 Å². The van der Waals surface area contributed by atoms with Crippen LogP contribution in [-0.2, 0) is 21.4 Å². The van der Waals surface area contributed by atoms with Gasteiger partial charge in [0, 0.05) is 18.1 Å². The highest BCUT2D eigenvalue weighted by atomic mass is 32.2. The Hall–Kier alpha value is -1.93. The fourth-order valence-electron chi connectivity index (χ4n) is 4.36. The third-order valence-electron chi connectivity index (χ3n) is 5.26. The van der Waals surface area contributed by atoms with Gasteiger partial charge >= 0.3 is 0 Å². The van der Waals surface area contributed by atoms with Crippen LogP contribution in [0.1, 0.15) is 25.7 Å². The number of fused-ring (bicyclic) bond motifs is 3. The largest absolute Gasteiger partial charge is 0.352 e. The topological polar surface area (TPSA) is 84.3 Å². The van der Waals surface area contributed by atoms with Gasteiger partial charge in [0.2, 0.25) is 15.9 Å². The van der Waals surface area contributed by atoms with Crippen LogP contribution in [0.15, 0.2) is 30.6 Å². The van der Waals surface area contributed by atoms with Crippen LogP contribution in [0.2, 0.25) is 0 Å². The second-order valence-corrected chi connectivity index (χ2v) is 8.96. The summed E-state index contributed by atoms with van der Waals surface area (Å²) in [5.41, 5.74) is 1.81. The van der Waals surface area contributed by atoms with E-state index in [2.05, 4.69) is 10.3 Å². The number of nitrogens with zero attached hydrogens (tertiary/aromatic N) is 3. The van der Waals surface area contributed by atoms with Crippen molar-refractivity contribution in [3.8, 4) is 0 Å². The Bertz CT molecular complexity index is 894. The fraction of sp³-hybridized carbons (Fsp3) is 0.529. The number of imidazole rings is 1. The zero-order chi connectivity index (χ0) is 17.6. The molecule has 1 aromatic heterocycles. The Morgan fingerprint density at radius 3 is 2.60 bits per heavy atom. The second-order valence-electron chi connectivity index (χ2n) is 7.07. The van der Waals surface area contributed by atoms with E-state index in [0.717, 1.165) is 23.9 Å². The zero-order valence-electron chi connectivity index (χ0n) is 14.1. The highest BCUT2D eigenvalue weighted by molar-refractivity contribution is 7.88. The molecule has 2 aromatic rings. The number of piperidine rings is 1. The average Bonchev–Trinajstić information content (AvgIpc) is 3.07. The predicted octanol–water partition coefficient (Wildman–Crippen LogP) is 1.11. The lowest BCUT2D eigenvalue weighted by molar-refractivity contribution is -0.122. The van der Waals surface area contributed by atoms with Gasteiger partial charge in [0.15, 0.2) is 0 Å². The lowest BCUT2D eigenvalue weighted by Gasteiger charge is -2.37. The van der Waals surface area contributed by atoms with E-state index >= 15 is 0 Å². The number of hydrogen-bond donors (Lipinski definition) is 1. The summed E-state index contributed by atoms with van der Waals surface area (Å²) < 4.78 is 27.4. The van der Waals surface area contributed by atoms with E-state index in [4.69, 9.17) is 0 Å². The van der Waals surface area contributed by atoms with Crippen molar-refractivity contribution in [1.82, 2.24) is 19.2 Å². The Kier molecular flexibility index (Phi) is 4.04. The van der Waals surface area contributed by atoms with Crippen molar-refractivity contribution in [3.63, 3.8) is 0 Å². The van der Waals surface area contributed by atoms with Crippen molar-refractivity contribution in [3.05, 3.63) is 30.6 Å². The fourth-order valence-corrected chi connectivity index (χ4v) is 5.82. The number of carbonyl (C=O) groups is 1. The number of benzene rings is 1. The number of para-hydroxylation sites is 2. The van der Waals surface area contributed by atoms with Crippen LogP contribution in [0.3, 0.4) is 0 Å². The van der Waals surface area contributed by atoms with E-state index in [1.165, 1.54) is 6.26 Å². The number of carbonyl (C=O) groups excluding carboxylic acids is 1. The van der Waals surface area contributed by atoms with Gasteiger partial charge in [-0.25, -0.2) is 13.4 Å². The van der Waals surface area contributed by atoms with Crippen LogP contribution < -0.4 is 5.32 Å². The van der Waals surface area contributed by atoms with Crippen LogP contribution >= 0.6 is 0 Å². The molecular formula is C17H22N4O3S. The molecule has 8 heteroatoms. The van der Waals surface area contributed by atoms with Gasteiger partial charge in [-0.2, -0.15) is 4.31 Å². The molecule has 25 heavy (non-hydrogen) atoms. The van der Waals surface area contributed by atoms with Crippen LogP contribution in [0.4, 0.5) is 0 Å². The predicted molar refractivity (Wildman–Crippen MR) is 94.4 cm³/mol. The van der Waals surface area contributed by atoms with Gasteiger partial charge in [-0.15, -0.1) is 0 Å². The molecule has 0 aliphatic carbocycles. The molecule has 1 amide bonds. The molecule has 134 valence electrons. The smallest absolute Gasteiger partial charge is 0.240 e. The summed E-state index contributed by atoms with van der Waals surface area (Å²) in [5, 5.41) is 3.09. The van der Waals surface area contributed by atoms with E-state index in [1.54, 1.807) is 10.6 Å². The first-order chi connectivity index (χ1) is 11.9. The molecule has 7 nitrogen and oxygen atoms in total. The first-order valence-corrected chi connectivity index (χ1v) is 10.4. The number of aromatic nitrogens is 2. The van der Waals surface area contributed by atoms with Crippen molar-refractivity contribution in [2.45, 2.75) is 50.4 Å². The first-order valence-electron chi connectivity index (χ1n) is 8.59. The summed E-state index contributed by atoms with van der Waals surface area (Å²) in [6, 6.07) is 7.80. The summed E-state index contributed by atoms with van der Waals surface area (Å²) in [6.07, 6.45) is 6.12. The zero-order valence-corrected chi connectivity index (χ0v) is 14.9. The molecule has 0 spiro atoms. The molecule has 0 saturated carbocycles. The summed E-state index contributed by atoms with van der Waals surface area (Å²) in [4.78, 5) is 16.7. The third kappa shape index (κ3) is 3.16. The maximum Gasteiger partial charge on any atom is 0.240 e. The monoisotopic (exact) mass is 362 g/mol. The molecule has 2 bridgehead atoms. The third-order valence-corrected chi connectivity index (χ3v) is 6.62. The summed E-state index contributed by atoms with van der Waals surface area (Å²) >= 11 is 0. The number of nitrogens with one attached hydrogen (secondary N) is 1. The lowest BCUT2D eigenvalue weighted by atomic mass is 10.00. The van der Waals surface area contributed by atoms with Gasteiger partial charge in [0.05, 0.1) is 23.6 Å². The van der Waals surface area contributed by atoms with E-state index < -0.39 is 10.0 Å². The lowest BCUT2D eigenvalue weighted by Crippen LogP contribution is -2.52. The SMILES string of the molecule is CS(=O)(=O)N1C2CCC1CC(NC(=O)Cn1cnc3ccccc31)C2. The minimum absolute atomic E-state index is 0.0214. The highest BCUT2D eigenvalue weighted by Gasteiger charge is 2.45. The van der Waals surface area contributed by atoms with Crippen LogP contribution in [0.25, 0.3) is 11.0 Å². The number of sulfonamides is 1. The van der Waals surface area contributed by atoms with Gasteiger partial charge in [-0.1, -0.05) is 12.1 Å². The van der Waals surface area contributed by atoms with Gasteiger partial charge in [0.1, 0.15) is 6.54 Å².